The average molecular weight is 260 g/mol. The Morgan fingerprint density at radius 3 is 2.94 bits per heavy atom. The molecule has 0 bridgehead atoms. The van der Waals surface area contributed by atoms with Gasteiger partial charge in [0.05, 0.1) is 18.0 Å². The monoisotopic (exact) mass is 259 g/mol. The molecule has 0 aliphatic rings. The third-order valence-electron chi connectivity index (χ3n) is 2.56. The zero-order valence-corrected chi connectivity index (χ0v) is 11.5. The van der Waals surface area contributed by atoms with E-state index in [2.05, 4.69) is 23.4 Å². The Kier molecular flexibility index (Phi) is 7.24. The molecule has 0 aliphatic heterocycles. The van der Waals surface area contributed by atoms with E-state index in [1.54, 1.807) is 0 Å². The molecule has 0 atom stereocenters. The van der Waals surface area contributed by atoms with Gasteiger partial charge in [0.25, 0.3) is 0 Å². The predicted octanol–water partition coefficient (Wildman–Crippen LogP) is 1.72. The minimum absolute atomic E-state index is 0.572. The van der Waals surface area contributed by atoms with E-state index >= 15 is 0 Å². The van der Waals surface area contributed by atoms with Crippen molar-refractivity contribution < 1.29 is 4.74 Å². The van der Waals surface area contributed by atoms with Crippen LogP contribution in [0.5, 0.6) is 0 Å². The van der Waals surface area contributed by atoms with Crippen LogP contribution in [0.4, 0.5) is 0 Å². The minimum atomic E-state index is 0.572. The number of ether oxygens (including phenoxy) is 1. The standard InChI is InChI=1S/C12H22ClN3O/c1-3-11-9-12(16(2)15-11)10-14-6-4-7-17-8-5-13/h9,14H,3-8,10H2,1-2H3. The smallest absolute Gasteiger partial charge is 0.0625 e. The van der Waals surface area contributed by atoms with Crippen LogP contribution in [-0.4, -0.2) is 35.4 Å². The first-order chi connectivity index (χ1) is 8.27. The second-order valence-electron chi connectivity index (χ2n) is 3.94. The van der Waals surface area contributed by atoms with Crippen LogP contribution in [0.2, 0.25) is 0 Å². The van der Waals surface area contributed by atoms with E-state index in [0.717, 1.165) is 38.2 Å². The van der Waals surface area contributed by atoms with Crippen molar-refractivity contribution in [1.82, 2.24) is 15.1 Å². The highest BCUT2D eigenvalue weighted by atomic mass is 35.5. The van der Waals surface area contributed by atoms with E-state index in [1.807, 2.05) is 11.7 Å². The van der Waals surface area contributed by atoms with Gasteiger partial charge in [-0.25, -0.2) is 0 Å². The van der Waals surface area contributed by atoms with Crippen molar-refractivity contribution in [3.63, 3.8) is 0 Å². The van der Waals surface area contributed by atoms with Crippen molar-refractivity contribution in [3.8, 4) is 0 Å². The summed E-state index contributed by atoms with van der Waals surface area (Å²) in [6.45, 7) is 5.34. The third kappa shape index (κ3) is 5.52. The van der Waals surface area contributed by atoms with Gasteiger partial charge in [-0.2, -0.15) is 5.10 Å². The van der Waals surface area contributed by atoms with Crippen molar-refractivity contribution in [2.45, 2.75) is 26.3 Å². The first kappa shape index (κ1) is 14.5. The van der Waals surface area contributed by atoms with Crippen molar-refractivity contribution >= 4 is 11.6 Å². The Bertz CT molecular complexity index is 315. The molecule has 17 heavy (non-hydrogen) atoms. The number of alkyl halides is 1. The fraction of sp³-hybridized carbons (Fsp3) is 0.750. The van der Waals surface area contributed by atoms with Crippen LogP contribution >= 0.6 is 11.6 Å². The van der Waals surface area contributed by atoms with Gasteiger partial charge in [0.15, 0.2) is 0 Å². The molecule has 0 aromatic carbocycles. The van der Waals surface area contributed by atoms with Crippen LogP contribution in [0, 0.1) is 0 Å². The number of nitrogens with one attached hydrogen (secondary N) is 1. The minimum Gasteiger partial charge on any atom is -0.380 e. The van der Waals surface area contributed by atoms with Crippen LogP contribution < -0.4 is 5.32 Å². The molecule has 98 valence electrons. The van der Waals surface area contributed by atoms with Crippen LogP contribution in [0.25, 0.3) is 0 Å². The second kappa shape index (κ2) is 8.50. The van der Waals surface area contributed by atoms with E-state index in [1.165, 1.54) is 5.69 Å². The second-order valence-corrected chi connectivity index (χ2v) is 4.31. The van der Waals surface area contributed by atoms with Gasteiger partial charge in [-0.1, -0.05) is 6.92 Å². The highest BCUT2D eigenvalue weighted by Gasteiger charge is 2.02. The van der Waals surface area contributed by atoms with Gasteiger partial charge in [-0.15, -0.1) is 11.6 Å². The molecule has 0 radical (unpaired) electrons. The molecule has 0 saturated carbocycles. The van der Waals surface area contributed by atoms with Gasteiger partial charge in [0.2, 0.25) is 0 Å². The summed E-state index contributed by atoms with van der Waals surface area (Å²) in [5, 5.41) is 7.79. The maximum Gasteiger partial charge on any atom is 0.0625 e. The highest BCUT2D eigenvalue weighted by molar-refractivity contribution is 6.17. The third-order valence-corrected chi connectivity index (χ3v) is 2.71. The summed E-state index contributed by atoms with van der Waals surface area (Å²) in [7, 11) is 1.99. The molecule has 1 heterocycles. The number of hydrogen-bond acceptors (Lipinski definition) is 3. The topological polar surface area (TPSA) is 39.1 Å². The summed E-state index contributed by atoms with van der Waals surface area (Å²) in [6.07, 6.45) is 2.00. The molecule has 0 unspecified atom stereocenters. The molecule has 1 N–H and O–H groups in total. The normalized spacial score (nSPS) is 11.0. The Labute approximate surface area is 108 Å². The average Bonchev–Trinajstić information content (AvgIpc) is 2.69. The lowest BCUT2D eigenvalue weighted by atomic mass is 10.3. The summed E-state index contributed by atoms with van der Waals surface area (Å²) in [4.78, 5) is 0. The summed E-state index contributed by atoms with van der Waals surface area (Å²) < 4.78 is 7.23. The predicted molar refractivity (Wildman–Crippen MR) is 70.4 cm³/mol. The Hall–Kier alpha value is -0.580. The fourth-order valence-electron chi connectivity index (χ4n) is 1.58. The molecule has 1 aromatic rings. The lowest BCUT2D eigenvalue weighted by Crippen LogP contribution is -2.18. The maximum atomic E-state index is 5.50. The van der Waals surface area contributed by atoms with Gasteiger partial charge < -0.3 is 10.1 Å². The van der Waals surface area contributed by atoms with Crippen LogP contribution in [0.15, 0.2) is 6.07 Å². The Morgan fingerprint density at radius 1 is 1.47 bits per heavy atom. The first-order valence-electron chi connectivity index (χ1n) is 6.14. The summed E-state index contributed by atoms with van der Waals surface area (Å²) >= 11 is 5.50. The van der Waals surface area contributed by atoms with Gasteiger partial charge in [-0.05, 0) is 25.5 Å². The Morgan fingerprint density at radius 2 is 2.29 bits per heavy atom. The number of rotatable bonds is 9. The molecule has 0 saturated heterocycles. The molecular weight excluding hydrogens is 238 g/mol. The zero-order chi connectivity index (χ0) is 12.5. The molecular formula is C12H22ClN3O. The zero-order valence-electron chi connectivity index (χ0n) is 10.7. The molecule has 0 amide bonds. The van der Waals surface area contributed by atoms with E-state index < -0.39 is 0 Å². The molecule has 5 heteroatoms. The summed E-state index contributed by atoms with van der Waals surface area (Å²) in [5.74, 6) is 0.572. The van der Waals surface area contributed by atoms with E-state index in [9.17, 15) is 0 Å². The van der Waals surface area contributed by atoms with Gasteiger partial charge in [0, 0.05) is 26.1 Å². The van der Waals surface area contributed by atoms with Crippen molar-refractivity contribution in [2.24, 2.45) is 7.05 Å². The van der Waals surface area contributed by atoms with Gasteiger partial charge in [-0.3, -0.25) is 4.68 Å². The Balaban J connectivity index is 2.11. The maximum absolute atomic E-state index is 5.50. The molecule has 4 nitrogen and oxygen atoms in total. The van der Waals surface area contributed by atoms with Gasteiger partial charge in [0.1, 0.15) is 0 Å². The van der Waals surface area contributed by atoms with Crippen LogP contribution in [0.3, 0.4) is 0 Å². The molecule has 0 spiro atoms. The lowest BCUT2D eigenvalue weighted by Gasteiger charge is -2.05. The van der Waals surface area contributed by atoms with Gasteiger partial charge >= 0.3 is 0 Å². The number of aromatic nitrogens is 2. The highest BCUT2D eigenvalue weighted by Crippen LogP contribution is 2.03. The number of aryl methyl sites for hydroxylation is 2. The van der Waals surface area contributed by atoms with Crippen molar-refractivity contribution in [1.29, 1.82) is 0 Å². The fourth-order valence-corrected chi connectivity index (χ4v) is 1.69. The van der Waals surface area contributed by atoms with Crippen LogP contribution in [-0.2, 0) is 24.8 Å². The summed E-state index contributed by atoms with van der Waals surface area (Å²) in [6, 6.07) is 2.15. The SMILES string of the molecule is CCc1cc(CNCCCOCCCl)n(C)n1. The largest absolute Gasteiger partial charge is 0.380 e. The summed E-state index contributed by atoms with van der Waals surface area (Å²) in [5.41, 5.74) is 2.37. The molecule has 0 aliphatic carbocycles. The molecule has 0 fully saturated rings. The molecule has 1 aromatic heterocycles. The van der Waals surface area contributed by atoms with Crippen molar-refractivity contribution in [2.75, 3.05) is 25.6 Å². The lowest BCUT2D eigenvalue weighted by molar-refractivity contribution is 0.146. The van der Waals surface area contributed by atoms with E-state index in [-0.39, 0.29) is 0 Å². The van der Waals surface area contributed by atoms with Crippen molar-refractivity contribution in [3.05, 3.63) is 17.5 Å². The van der Waals surface area contributed by atoms with E-state index in [0.29, 0.717) is 12.5 Å². The molecule has 1 rings (SSSR count). The quantitative estimate of drug-likeness (QED) is 0.542. The number of nitrogens with zero attached hydrogens (tertiary/aromatic N) is 2. The van der Waals surface area contributed by atoms with Crippen LogP contribution in [0.1, 0.15) is 24.7 Å². The van der Waals surface area contributed by atoms with E-state index in [4.69, 9.17) is 16.3 Å². The first-order valence-corrected chi connectivity index (χ1v) is 6.67. The number of halogens is 1. The number of hydrogen-bond donors (Lipinski definition) is 1.